The number of amides is 2. The summed E-state index contributed by atoms with van der Waals surface area (Å²) in [6.07, 6.45) is 2.73. The third-order valence-corrected chi connectivity index (χ3v) is 4.68. The second-order valence-electron chi connectivity index (χ2n) is 6.65. The van der Waals surface area contributed by atoms with Gasteiger partial charge in [0.15, 0.2) is 0 Å². The van der Waals surface area contributed by atoms with E-state index in [0.29, 0.717) is 18.9 Å². The molecule has 2 rings (SSSR count). The second kappa shape index (κ2) is 6.77. The Bertz CT molecular complexity index is 397. The van der Waals surface area contributed by atoms with Crippen molar-refractivity contribution >= 4 is 11.8 Å². The summed E-state index contributed by atoms with van der Waals surface area (Å²) in [5.41, 5.74) is 0. The third kappa shape index (κ3) is 3.39. The predicted octanol–water partition coefficient (Wildman–Crippen LogP) is 1.56. The van der Waals surface area contributed by atoms with Crippen molar-refractivity contribution in [2.24, 2.45) is 11.8 Å². The van der Waals surface area contributed by atoms with Crippen LogP contribution in [-0.2, 0) is 14.3 Å². The zero-order chi connectivity index (χ0) is 15.6. The van der Waals surface area contributed by atoms with Crippen molar-refractivity contribution in [1.82, 2.24) is 10.2 Å². The van der Waals surface area contributed by atoms with Gasteiger partial charge in [0.05, 0.1) is 6.10 Å². The Morgan fingerprint density at radius 2 is 2.10 bits per heavy atom. The highest BCUT2D eigenvalue weighted by Crippen LogP contribution is 2.26. The summed E-state index contributed by atoms with van der Waals surface area (Å²) in [5, 5.41) is 2.90. The molecule has 21 heavy (non-hydrogen) atoms. The highest BCUT2D eigenvalue weighted by atomic mass is 16.5. The number of carbonyl (C=O) groups is 2. The smallest absolute Gasteiger partial charge is 0.245 e. The van der Waals surface area contributed by atoms with Crippen molar-refractivity contribution in [3.8, 4) is 0 Å². The standard InChI is InChI=1S/C16H28N2O3/c1-5-6-13-16(20)18(9-12-7-8-21-11(12)4)14(10(2)3)15(19)17-13/h10-14H,5-9H2,1-4H3,(H,17,19). The quantitative estimate of drug-likeness (QED) is 0.837. The van der Waals surface area contributed by atoms with Crippen LogP contribution in [-0.4, -0.2) is 48.1 Å². The lowest BCUT2D eigenvalue weighted by atomic mass is 9.92. The molecule has 0 aliphatic carbocycles. The summed E-state index contributed by atoms with van der Waals surface area (Å²) in [7, 11) is 0. The summed E-state index contributed by atoms with van der Waals surface area (Å²) < 4.78 is 5.60. The van der Waals surface area contributed by atoms with E-state index in [4.69, 9.17) is 4.74 Å². The van der Waals surface area contributed by atoms with Crippen molar-refractivity contribution in [2.75, 3.05) is 13.2 Å². The molecule has 120 valence electrons. The van der Waals surface area contributed by atoms with Gasteiger partial charge in [0.1, 0.15) is 12.1 Å². The van der Waals surface area contributed by atoms with Crippen molar-refractivity contribution in [3.63, 3.8) is 0 Å². The molecule has 2 saturated heterocycles. The van der Waals surface area contributed by atoms with Crippen LogP contribution in [0.2, 0.25) is 0 Å². The van der Waals surface area contributed by atoms with Crippen LogP contribution < -0.4 is 5.32 Å². The van der Waals surface area contributed by atoms with Crippen molar-refractivity contribution in [2.45, 2.75) is 65.1 Å². The van der Waals surface area contributed by atoms with E-state index in [-0.39, 0.29) is 35.9 Å². The molecule has 5 heteroatoms. The van der Waals surface area contributed by atoms with E-state index in [1.807, 2.05) is 25.7 Å². The fourth-order valence-corrected chi connectivity index (χ4v) is 3.42. The Kier molecular flexibility index (Phi) is 5.25. The second-order valence-corrected chi connectivity index (χ2v) is 6.65. The summed E-state index contributed by atoms with van der Waals surface area (Å²) >= 11 is 0. The molecule has 1 N–H and O–H groups in total. The SMILES string of the molecule is CCCC1NC(=O)C(C(C)C)N(CC2CCOC2C)C1=O. The van der Waals surface area contributed by atoms with Crippen molar-refractivity contribution < 1.29 is 14.3 Å². The molecular formula is C16H28N2O3. The van der Waals surface area contributed by atoms with Gasteiger partial charge in [-0.1, -0.05) is 27.2 Å². The topological polar surface area (TPSA) is 58.6 Å². The molecular weight excluding hydrogens is 268 g/mol. The van der Waals surface area contributed by atoms with Crippen LogP contribution in [0, 0.1) is 11.8 Å². The first-order valence-corrected chi connectivity index (χ1v) is 8.18. The summed E-state index contributed by atoms with van der Waals surface area (Å²) in [6.45, 7) is 9.48. The van der Waals surface area contributed by atoms with Gasteiger partial charge in [-0.05, 0) is 25.7 Å². The lowest BCUT2D eigenvalue weighted by molar-refractivity contribution is -0.152. The zero-order valence-electron chi connectivity index (χ0n) is 13.6. The molecule has 2 amide bonds. The van der Waals surface area contributed by atoms with Crippen LogP contribution in [0.1, 0.15) is 47.0 Å². The molecule has 0 aromatic heterocycles. The van der Waals surface area contributed by atoms with Crippen LogP contribution in [0.3, 0.4) is 0 Å². The average Bonchev–Trinajstić information content (AvgIpc) is 2.80. The number of ether oxygens (including phenoxy) is 1. The number of piperazine rings is 1. The van der Waals surface area contributed by atoms with Crippen LogP contribution in [0.4, 0.5) is 0 Å². The lowest BCUT2D eigenvalue weighted by Gasteiger charge is -2.42. The Balaban J connectivity index is 2.17. The zero-order valence-corrected chi connectivity index (χ0v) is 13.6. The number of nitrogens with one attached hydrogen (secondary N) is 1. The van der Waals surface area contributed by atoms with E-state index in [1.165, 1.54) is 0 Å². The molecule has 2 heterocycles. The molecule has 4 atom stereocenters. The average molecular weight is 296 g/mol. The molecule has 4 unspecified atom stereocenters. The molecule has 0 aromatic carbocycles. The molecule has 0 saturated carbocycles. The van der Waals surface area contributed by atoms with Gasteiger partial charge < -0.3 is 15.0 Å². The molecule has 2 aliphatic heterocycles. The minimum absolute atomic E-state index is 0.00498. The number of rotatable bonds is 5. The number of hydrogen-bond acceptors (Lipinski definition) is 3. The van der Waals surface area contributed by atoms with Gasteiger partial charge in [0.2, 0.25) is 11.8 Å². The Morgan fingerprint density at radius 1 is 1.38 bits per heavy atom. The fraction of sp³-hybridized carbons (Fsp3) is 0.875. The van der Waals surface area contributed by atoms with Crippen LogP contribution in [0.5, 0.6) is 0 Å². The van der Waals surface area contributed by atoms with Gasteiger partial charge in [0.25, 0.3) is 0 Å². The summed E-state index contributed by atoms with van der Waals surface area (Å²) in [4.78, 5) is 27.0. The van der Waals surface area contributed by atoms with E-state index in [9.17, 15) is 9.59 Å². The van der Waals surface area contributed by atoms with Gasteiger partial charge in [-0.25, -0.2) is 0 Å². The third-order valence-electron chi connectivity index (χ3n) is 4.68. The first-order chi connectivity index (χ1) is 9.95. The maximum absolute atomic E-state index is 12.7. The molecule has 0 spiro atoms. The van der Waals surface area contributed by atoms with E-state index >= 15 is 0 Å². The Labute approximate surface area is 127 Å². The van der Waals surface area contributed by atoms with Crippen molar-refractivity contribution in [1.29, 1.82) is 0 Å². The van der Waals surface area contributed by atoms with Crippen LogP contribution in [0.15, 0.2) is 0 Å². The van der Waals surface area contributed by atoms with Gasteiger partial charge >= 0.3 is 0 Å². The molecule has 2 aliphatic rings. The van der Waals surface area contributed by atoms with Gasteiger partial charge in [0, 0.05) is 19.1 Å². The van der Waals surface area contributed by atoms with Crippen LogP contribution >= 0.6 is 0 Å². The minimum Gasteiger partial charge on any atom is -0.378 e. The van der Waals surface area contributed by atoms with Crippen LogP contribution in [0.25, 0.3) is 0 Å². The first kappa shape index (κ1) is 16.3. The number of nitrogens with zero attached hydrogens (tertiary/aromatic N) is 1. The molecule has 5 nitrogen and oxygen atoms in total. The summed E-state index contributed by atoms with van der Waals surface area (Å²) in [5.74, 6) is 0.529. The lowest BCUT2D eigenvalue weighted by Crippen LogP contribution is -2.65. The maximum Gasteiger partial charge on any atom is 0.245 e. The van der Waals surface area contributed by atoms with E-state index in [1.54, 1.807) is 0 Å². The maximum atomic E-state index is 12.7. The molecule has 0 aromatic rings. The first-order valence-electron chi connectivity index (χ1n) is 8.18. The fourth-order valence-electron chi connectivity index (χ4n) is 3.42. The molecule has 0 bridgehead atoms. The highest BCUT2D eigenvalue weighted by molar-refractivity contribution is 5.97. The largest absolute Gasteiger partial charge is 0.378 e. The summed E-state index contributed by atoms with van der Waals surface area (Å²) in [6, 6.07) is -0.700. The van der Waals surface area contributed by atoms with Gasteiger partial charge in [-0.15, -0.1) is 0 Å². The van der Waals surface area contributed by atoms with E-state index in [2.05, 4.69) is 12.2 Å². The van der Waals surface area contributed by atoms with Gasteiger partial charge in [-0.3, -0.25) is 9.59 Å². The minimum atomic E-state index is -0.352. The van der Waals surface area contributed by atoms with E-state index < -0.39 is 0 Å². The Morgan fingerprint density at radius 3 is 2.62 bits per heavy atom. The van der Waals surface area contributed by atoms with Crippen molar-refractivity contribution in [3.05, 3.63) is 0 Å². The number of hydrogen-bond donors (Lipinski definition) is 1. The van der Waals surface area contributed by atoms with E-state index in [0.717, 1.165) is 19.4 Å². The molecule has 2 fully saturated rings. The highest BCUT2D eigenvalue weighted by Gasteiger charge is 2.43. The Hall–Kier alpha value is -1.10. The number of carbonyl (C=O) groups excluding carboxylic acids is 2. The monoisotopic (exact) mass is 296 g/mol. The van der Waals surface area contributed by atoms with Gasteiger partial charge in [-0.2, -0.15) is 0 Å². The predicted molar refractivity (Wildman–Crippen MR) is 80.7 cm³/mol. The normalized spacial score (nSPS) is 33.7. The molecule has 0 radical (unpaired) electrons.